The summed E-state index contributed by atoms with van der Waals surface area (Å²) in [6.45, 7) is 2.65. The number of rotatable bonds is 4. The Kier molecular flexibility index (Phi) is 3.27. The lowest BCUT2D eigenvalue weighted by Gasteiger charge is -2.05. The molecular weight excluding hydrogens is 230 g/mol. The highest BCUT2D eigenvalue weighted by Crippen LogP contribution is 2.10. The largest absolute Gasteiger partial charge is 0.366 e. The van der Waals surface area contributed by atoms with Gasteiger partial charge in [0.05, 0.1) is 11.8 Å². The molecule has 3 N–H and O–H groups in total. The predicted octanol–water partition coefficient (Wildman–Crippen LogP) is 0.835. The monoisotopic (exact) mass is 245 g/mol. The van der Waals surface area contributed by atoms with E-state index >= 15 is 0 Å². The quantitative estimate of drug-likeness (QED) is 0.835. The van der Waals surface area contributed by atoms with E-state index in [1.54, 1.807) is 12.1 Å². The molecule has 1 amide bonds. The molecule has 0 unspecified atom stereocenters. The zero-order valence-electron chi connectivity index (χ0n) is 10.3. The van der Waals surface area contributed by atoms with Crippen molar-refractivity contribution < 1.29 is 4.79 Å². The second-order valence-electron chi connectivity index (χ2n) is 4.03. The van der Waals surface area contributed by atoms with Gasteiger partial charge in [-0.3, -0.25) is 9.48 Å². The molecule has 0 radical (unpaired) electrons. The van der Waals surface area contributed by atoms with Crippen molar-refractivity contribution in [3.63, 3.8) is 0 Å². The zero-order chi connectivity index (χ0) is 13.1. The number of amides is 1. The normalized spacial score (nSPS) is 10.3. The van der Waals surface area contributed by atoms with E-state index in [0.29, 0.717) is 17.9 Å². The van der Waals surface area contributed by atoms with Gasteiger partial charge in [0, 0.05) is 31.0 Å². The molecule has 0 aliphatic carbocycles. The number of hydrogen-bond acceptors (Lipinski definition) is 4. The molecule has 2 aromatic rings. The number of nitrogens with zero attached hydrogens (tertiary/aromatic N) is 3. The first-order valence-electron chi connectivity index (χ1n) is 5.55. The van der Waals surface area contributed by atoms with Crippen LogP contribution in [-0.2, 0) is 13.6 Å². The van der Waals surface area contributed by atoms with E-state index in [-0.39, 0.29) is 0 Å². The number of anilines is 1. The van der Waals surface area contributed by atoms with Crippen molar-refractivity contribution >= 4 is 11.7 Å². The summed E-state index contributed by atoms with van der Waals surface area (Å²) in [4.78, 5) is 15.0. The van der Waals surface area contributed by atoms with Crippen LogP contribution in [0.1, 0.15) is 21.6 Å². The van der Waals surface area contributed by atoms with Crippen LogP contribution in [-0.4, -0.2) is 20.7 Å². The van der Waals surface area contributed by atoms with Crippen LogP contribution in [0, 0.1) is 6.92 Å². The van der Waals surface area contributed by atoms with Crippen LogP contribution in [0.15, 0.2) is 24.5 Å². The summed E-state index contributed by atoms with van der Waals surface area (Å²) in [5, 5.41) is 7.33. The van der Waals surface area contributed by atoms with Gasteiger partial charge in [0.25, 0.3) is 0 Å². The summed E-state index contributed by atoms with van der Waals surface area (Å²) in [7, 11) is 1.90. The fraction of sp³-hybridized carbons (Fsp3) is 0.250. The summed E-state index contributed by atoms with van der Waals surface area (Å²) in [5.41, 5.74) is 7.76. The first-order chi connectivity index (χ1) is 8.58. The van der Waals surface area contributed by atoms with Gasteiger partial charge < -0.3 is 11.1 Å². The van der Waals surface area contributed by atoms with Gasteiger partial charge in [0.1, 0.15) is 5.82 Å². The van der Waals surface area contributed by atoms with Crippen molar-refractivity contribution in [1.29, 1.82) is 0 Å². The summed E-state index contributed by atoms with van der Waals surface area (Å²) in [5.74, 6) is 0.223. The lowest BCUT2D eigenvalue weighted by Crippen LogP contribution is -2.11. The smallest absolute Gasteiger partial charge is 0.250 e. The molecular formula is C12H15N5O. The number of carbonyl (C=O) groups is 1. The second kappa shape index (κ2) is 4.87. The molecule has 0 bridgehead atoms. The van der Waals surface area contributed by atoms with Crippen molar-refractivity contribution in [1.82, 2.24) is 14.8 Å². The predicted molar refractivity (Wildman–Crippen MR) is 68.0 cm³/mol. The highest BCUT2D eigenvalue weighted by atomic mass is 16.1. The molecule has 2 aromatic heterocycles. The summed E-state index contributed by atoms with van der Waals surface area (Å²) < 4.78 is 1.82. The Hall–Kier alpha value is -2.37. The lowest BCUT2D eigenvalue weighted by atomic mass is 10.2. The maximum atomic E-state index is 10.9. The van der Waals surface area contributed by atoms with E-state index in [9.17, 15) is 4.79 Å². The van der Waals surface area contributed by atoms with Crippen LogP contribution in [0.3, 0.4) is 0 Å². The van der Waals surface area contributed by atoms with Crippen molar-refractivity contribution in [3.05, 3.63) is 41.3 Å². The first kappa shape index (κ1) is 12.1. The van der Waals surface area contributed by atoms with E-state index in [1.807, 2.05) is 24.9 Å². The highest BCUT2D eigenvalue weighted by molar-refractivity contribution is 5.92. The Labute approximate surface area is 105 Å². The minimum absolute atomic E-state index is 0.401. The van der Waals surface area contributed by atoms with E-state index in [1.165, 1.54) is 6.20 Å². The van der Waals surface area contributed by atoms with Crippen LogP contribution in [0.5, 0.6) is 0 Å². The summed E-state index contributed by atoms with van der Waals surface area (Å²) in [6.07, 6.45) is 3.28. The van der Waals surface area contributed by atoms with Crippen LogP contribution < -0.4 is 11.1 Å². The molecule has 2 heterocycles. The van der Waals surface area contributed by atoms with Gasteiger partial charge >= 0.3 is 0 Å². The minimum atomic E-state index is -0.475. The molecule has 0 aliphatic rings. The molecule has 0 spiro atoms. The van der Waals surface area contributed by atoms with Crippen LogP contribution in [0.2, 0.25) is 0 Å². The van der Waals surface area contributed by atoms with Gasteiger partial charge in [0.2, 0.25) is 5.91 Å². The molecule has 0 saturated heterocycles. The Morgan fingerprint density at radius 1 is 1.44 bits per heavy atom. The number of hydrogen-bond donors (Lipinski definition) is 2. The van der Waals surface area contributed by atoms with Crippen molar-refractivity contribution in [2.75, 3.05) is 5.32 Å². The molecule has 2 rings (SSSR count). The Balaban J connectivity index is 2.02. The molecule has 0 atom stereocenters. The third-order valence-electron chi connectivity index (χ3n) is 2.84. The maximum Gasteiger partial charge on any atom is 0.250 e. The molecule has 0 aliphatic heterocycles. The topological polar surface area (TPSA) is 85.8 Å². The molecule has 6 nitrogen and oxygen atoms in total. The van der Waals surface area contributed by atoms with Gasteiger partial charge in [-0.2, -0.15) is 5.10 Å². The molecule has 18 heavy (non-hydrogen) atoms. The van der Waals surface area contributed by atoms with Crippen molar-refractivity contribution in [2.24, 2.45) is 12.8 Å². The fourth-order valence-corrected chi connectivity index (χ4v) is 1.55. The number of aromatic nitrogens is 3. The molecule has 6 heteroatoms. The molecule has 94 valence electrons. The Morgan fingerprint density at radius 2 is 2.22 bits per heavy atom. The van der Waals surface area contributed by atoms with Crippen LogP contribution in [0.4, 0.5) is 5.82 Å². The average molecular weight is 245 g/mol. The van der Waals surface area contributed by atoms with E-state index < -0.39 is 5.91 Å². The number of nitrogens with one attached hydrogen (secondary N) is 1. The third-order valence-corrected chi connectivity index (χ3v) is 2.84. The third kappa shape index (κ3) is 2.48. The summed E-state index contributed by atoms with van der Waals surface area (Å²) >= 11 is 0. The second-order valence-corrected chi connectivity index (χ2v) is 4.03. The number of primary amides is 1. The molecule has 0 saturated carbocycles. The number of nitrogens with two attached hydrogens (primary N) is 1. The summed E-state index contributed by atoms with van der Waals surface area (Å²) in [6, 6.07) is 3.37. The van der Waals surface area contributed by atoms with E-state index in [2.05, 4.69) is 15.4 Å². The molecule has 0 aromatic carbocycles. The van der Waals surface area contributed by atoms with E-state index in [4.69, 9.17) is 5.73 Å². The Morgan fingerprint density at radius 3 is 2.72 bits per heavy atom. The number of carbonyl (C=O) groups excluding carboxylic acids is 1. The van der Waals surface area contributed by atoms with Gasteiger partial charge in [0.15, 0.2) is 0 Å². The SMILES string of the molecule is Cc1c(CNc2ccc(C(N)=O)cn2)cnn1C. The zero-order valence-corrected chi connectivity index (χ0v) is 10.3. The van der Waals surface area contributed by atoms with Crippen molar-refractivity contribution in [3.8, 4) is 0 Å². The number of aryl methyl sites for hydroxylation is 1. The van der Waals surface area contributed by atoms with Gasteiger partial charge in [-0.25, -0.2) is 4.98 Å². The standard InChI is InChI=1S/C12H15N5O/c1-8-10(7-16-17(8)2)6-15-11-4-3-9(5-14-11)12(13)18/h3-5,7H,6H2,1-2H3,(H2,13,18)(H,14,15). The first-order valence-corrected chi connectivity index (χ1v) is 5.55. The Bertz CT molecular complexity index is 558. The van der Waals surface area contributed by atoms with Crippen LogP contribution >= 0.6 is 0 Å². The fourth-order valence-electron chi connectivity index (χ4n) is 1.55. The van der Waals surface area contributed by atoms with Gasteiger partial charge in [-0.05, 0) is 19.1 Å². The van der Waals surface area contributed by atoms with Gasteiger partial charge in [-0.1, -0.05) is 0 Å². The molecule has 0 fully saturated rings. The lowest BCUT2D eigenvalue weighted by molar-refractivity contribution is 0.1000. The average Bonchev–Trinajstić information content (AvgIpc) is 2.68. The van der Waals surface area contributed by atoms with Gasteiger partial charge in [-0.15, -0.1) is 0 Å². The van der Waals surface area contributed by atoms with Crippen LogP contribution in [0.25, 0.3) is 0 Å². The van der Waals surface area contributed by atoms with Crippen molar-refractivity contribution in [2.45, 2.75) is 13.5 Å². The highest BCUT2D eigenvalue weighted by Gasteiger charge is 2.04. The minimum Gasteiger partial charge on any atom is -0.366 e. The maximum absolute atomic E-state index is 10.9. The number of pyridine rings is 1. The van der Waals surface area contributed by atoms with E-state index in [0.717, 1.165) is 11.3 Å².